The molecule has 0 aliphatic rings. The van der Waals surface area contributed by atoms with Gasteiger partial charge in [-0.25, -0.2) is 13.2 Å². The number of hydrogen-bond acceptors (Lipinski definition) is 4. The molecule has 6 nitrogen and oxygen atoms in total. The van der Waals surface area contributed by atoms with E-state index >= 15 is 0 Å². The maximum atomic E-state index is 12.4. The lowest BCUT2D eigenvalue weighted by molar-refractivity contribution is 0.0695. The van der Waals surface area contributed by atoms with Crippen molar-refractivity contribution in [3.63, 3.8) is 0 Å². The summed E-state index contributed by atoms with van der Waals surface area (Å²) in [5.74, 6) is -1.20. The molecule has 0 spiro atoms. The number of aromatic carboxylic acids is 1. The van der Waals surface area contributed by atoms with E-state index in [0.29, 0.717) is 10.0 Å². The molecule has 0 heterocycles. The van der Waals surface area contributed by atoms with Gasteiger partial charge in [-0.05, 0) is 31.5 Å². The average Bonchev–Trinajstić information content (AvgIpc) is 2.39. The van der Waals surface area contributed by atoms with Gasteiger partial charge in [0.2, 0.25) is 10.0 Å². The van der Waals surface area contributed by atoms with Gasteiger partial charge in [-0.3, -0.25) is 0 Å². The number of carboxylic acids is 1. The van der Waals surface area contributed by atoms with Crippen LogP contribution in [-0.4, -0.2) is 48.6 Å². The third-order valence-electron chi connectivity index (χ3n) is 3.11. The first kappa shape index (κ1) is 17.1. The summed E-state index contributed by atoms with van der Waals surface area (Å²) in [7, 11) is -2.53. The number of aliphatic hydroxyl groups is 1. The van der Waals surface area contributed by atoms with Crippen LogP contribution in [0.15, 0.2) is 21.5 Å². The Morgan fingerprint density at radius 1 is 1.45 bits per heavy atom. The van der Waals surface area contributed by atoms with E-state index < -0.39 is 22.0 Å². The van der Waals surface area contributed by atoms with Gasteiger partial charge >= 0.3 is 5.97 Å². The standard InChI is InChI=1S/C12H16BrNO5S/c1-7(6-15)14(3)20(18,19)9-4-10(12(16)17)8(2)11(13)5-9/h4-5,7,15H,6H2,1-3H3,(H,16,17). The number of halogens is 1. The fourth-order valence-electron chi connectivity index (χ4n) is 1.54. The van der Waals surface area contributed by atoms with Crippen LogP contribution in [0, 0.1) is 6.92 Å². The summed E-state index contributed by atoms with van der Waals surface area (Å²) in [5.41, 5.74) is 0.373. The highest BCUT2D eigenvalue weighted by Crippen LogP contribution is 2.27. The van der Waals surface area contributed by atoms with Gasteiger partial charge in [-0.15, -0.1) is 0 Å². The number of carbonyl (C=O) groups is 1. The number of hydrogen-bond donors (Lipinski definition) is 2. The van der Waals surface area contributed by atoms with Gasteiger partial charge in [0.15, 0.2) is 0 Å². The Hall–Kier alpha value is -0.960. The van der Waals surface area contributed by atoms with Crippen molar-refractivity contribution in [2.45, 2.75) is 24.8 Å². The number of likely N-dealkylation sites (N-methyl/N-ethyl adjacent to an activating group) is 1. The van der Waals surface area contributed by atoms with Crippen molar-refractivity contribution in [2.24, 2.45) is 0 Å². The molecule has 0 saturated heterocycles. The fraction of sp³-hybridized carbons (Fsp3) is 0.417. The Morgan fingerprint density at radius 3 is 2.45 bits per heavy atom. The molecule has 1 unspecified atom stereocenters. The Bertz CT molecular complexity index is 629. The Balaban J connectivity index is 3.44. The fourth-order valence-corrected chi connectivity index (χ4v) is 3.56. The number of aliphatic hydroxyl groups excluding tert-OH is 1. The van der Waals surface area contributed by atoms with E-state index in [1.165, 1.54) is 13.1 Å². The lowest BCUT2D eigenvalue weighted by Gasteiger charge is -2.23. The van der Waals surface area contributed by atoms with Crippen molar-refractivity contribution in [3.8, 4) is 0 Å². The highest BCUT2D eigenvalue weighted by molar-refractivity contribution is 9.10. The van der Waals surface area contributed by atoms with E-state index in [2.05, 4.69) is 15.9 Å². The Labute approximate surface area is 126 Å². The lowest BCUT2D eigenvalue weighted by Crippen LogP contribution is -2.37. The van der Waals surface area contributed by atoms with Crippen LogP contribution < -0.4 is 0 Å². The van der Waals surface area contributed by atoms with Crippen LogP contribution in [0.5, 0.6) is 0 Å². The molecule has 0 amide bonds. The highest BCUT2D eigenvalue weighted by atomic mass is 79.9. The second kappa shape index (κ2) is 6.21. The predicted molar refractivity (Wildman–Crippen MR) is 77.3 cm³/mol. The number of carboxylic acid groups (broad SMARTS) is 1. The van der Waals surface area contributed by atoms with Crippen LogP contribution in [0.3, 0.4) is 0 Å². The molecule has 0 fully saturated rings. The van der Waals surface area contributed by atoms with Crippen LogP contribution in [-0.2, 0) is 10.0 Å². The average molecular weight is 366 g/mol. The highest BCUT2D eigenvalue weighted by Gasteiger charge is 2.27. The summed E-state index contributed by atoms with van der Waals surface area (Å²) in [6.07, 6.45) is 0. The molecule has 1 rings (SSSR count). The van der Waals surface area contributed by atoms with Crippen molar-refractivity contribution in [2.75, 3.05) is 13.7 Å². The van der Waals surface area contributed by atoms with Crippen LogP contribution in [0.2, 0.25) is 0 Å². The second-order valence-electron chi connectivity index (χ2n) is 4.44. The van der Waals surface area contributed by atoms with E-state index in [9.17, 15) is 13.2 Å². The molecule has 0 aliphatic carbocycles. The summed E-state index contributed by atoms with van der Waals surface area (Å²) in [6.45, 7) is 2.82. The molecule has 0 radical (unpaired) electrons. The molecule has 1 atom stereocenters. The smallest absolute Gasteiger partial charge is 0.336 e. The van der Waals surface area contributed by atoms with Gasteiger partial charge in [-0.1, -0.05) is 15.9 Å². The SMILES string of the molecule is Cc1c(Br)cc(S(=O)(=O)N(C)C(C)CO)cc1C(=O)O. The lowest BCUT2D eigenvalue weighted by atomic mass is 10.1. The van der Waals surface area contributed by atoms with Gasteiger partial charge in [0.1, 0.15) is 0 Å². The first-order valence-electron chi connectivity index (χ1n) is 5.75. The maximum absolute atomic E-state index is 12.4. The molecule has 0 aromatic heterocycles. The molecule has 2 N–H and O–H groups in total. The van der Waals surface area contributed by atoms with Gasteiger partial charge < -0.3 is 10.2 Å². The monoisotopic (exact) mass is 365 g/mol. The first-order valence-corrected chi connectivity index (χ1v) is 7.98. The van der Waals surface area contributed by atoms with Crippen LogP contribution in [0.25, 0.3) is 0 Å². The van der Waals surface area contributed by atoms with Crippen molar-refractivity contribution in [1.29, 1.82) is 0 Å². The number of rotatable bonds is 5. The predicted octanol–water partition coefficient (Wildman–Crippen LogP) is 1.46. The second-order valence-corrected chi connectivity index (χ2v) is 7.29. The molecule has 0 bridgehead atoms. The number of nitrogens with zero attached hydrogens (tertiary/aromatic N) is 1. The topological polar surface area (TPSA) is 94.9 Å². The molecule has 112 valence electrons. The molecule has 0 aliphatic heterocycles. The zero-order valence-electron chi connectivity index (χ0n) is 11.3. The van der Waals surface area contributed by atoms with E-state index in [1.54, 1.807) is 13.8 Å². The third kappa shape index (κ3) is 3.20. The molecule has 0 saturated carbocycles. The minimum absolute atomic E-state index is 0.0806. The molecule has 1 aromatic carbocycles. The third-order valence-corrected chi connectivity index (χ3v) is 5.88. The summed E-state index contributed by atoms with van der Waals surface area (Å²) in [4.78, 5) is 11.0. The molecular weight excluding hydrogens is 350 g/mol. The minimum atomic E-state index is -3.87. The summed E-state index contributed by atoms with van der Waals surface area (Å²) < 4.78 is 26.2. The zero-order valence-corrected chi connectivity index (χ0v) is 13.7. The molecule has 1 aromatic rings. The van der Waals surface area contributed by atoms with Crippen molar-refractivity contribution in [1.82, 2.24) is 4.31 Å². The Kier molecular flexibility index (Phi) is 5.31. The normalized spacial score (nSPS) is 13.5. The van der Waals surface area contributed by atoms with Gasteiger partial charge in [0.25, 0.3) is 0 Å². The quantitative estimate of drug-likeness (QED) is 0.823. The number of benzene rings is 1. The van der Waals surface area contributed by atoms with Crippen molar-refractivity contribution in [3.05, 3.63) is 27.7 Å². The van der Waals surface area contributed by atoms with Crippen LogP contribution >= 0.6 is 15.9 Å². The summed E-state index contributed by atoms with van der Waals surface area (Å²) >= 11 is 3.17. The Morgan fingerprint density at radius 2 is 2.00 bits per heavy atom. The number of sulfonamides is 1. The van der Waals surface area contributed by atoms with Crippen LogP contribution in [0.1, 0.15) is 22.8 Å². The van der Waals surface area contributed by atoms with Crippen molar-refractivity contribution >= 4 is 31.9 Å². The summed E-state index contributed by atoms with van der Waals surface area (Å²) in [6, 6.07) is 1.88. The van der Waals surface area contributed by atoms with E-state index in [-0.39, 0.29) is 17.1 Å². The molecule has 8 heteroatoms. The molecular formula is C12H16BrNO5S. The van der Waals surface area contributed by atoms with Gasteiger partial charge in [0, 0.05) is 17.6 Å². The largest absolute Gasteiger partial charge is 0.478 e. The van der Waals surface area contributed by atoms with Crippen molar-refractivity contribution < 1.29 is 23.4 Å². The maximum Gasteiger partial charge on any atom is 0.336 e. The van der Waals surface area contributed by atoms with E-state index in [4.69, 9.17) is 10.2 Å². The van der Waals surface area contributed by atoms with Gasteiger partial charge in [-0.2, -0.15) is 4.31 Å². The minimum Gasteiger partial charge on any atom is -0.478 e. The van der Waals surface area contributed by atoms with E-state index in [0.717, 1.165) is 10.4 Å². The van der Waals surface area contributed by atoms with E-state index in [1.807, 2.05) is 0 Å². The zero-order chi connectivity index (χ0) is 15.7. The van der Waals surface area contributed by atoms with Crippen LogP contribution in [0.4, 0.5) is 0 Å². The summed E-state index contributed by atoms with van der Waals surface area (Å²) in [5, 5.41) is 18.2. The molecule has 20 heavy (non-hydrogen) atoms. The van der Waals surface area contributed by atoms with Gasteiger partial charge in [0.05, 0.1) is 17.1 Å². The first-order chi connectivity index (χ1) is 9.12.